The monoisotopic (exact) mass is 201 g/mol. The van der Waals surface area contributed by atoms with Crippen molar-refractivity contribution in [2.45, 2.75) is 13.3 Å². The molecular weight excluding hydrogens is 186 g/mol. The number of hydrogen-bond acceptors (Lipinski definition) is 2. The molecule has 1 aliphatic carbocycles. The highest BCUT2D eigenvalue weighted by molar-refractivity contribution is 5.72. The average molecular weight is 201 g/mol. The van der Waals surface area contributed by atoms with E-state index in [0.29, 0.717) is 12.1 Å². The van der Waals surface area contributed by atoms with Crippen LogP contribution < -0.4 is 5.73 Å². The van der Waals surface area contributed by atoms with Crippen molar-refractivity contribution in [3.05, 3.63) is 59.4 Å². The van der Waals surface area contributed by atoms with Gasteiger partial charge in [-0.05, 0) is 29.2 Å². The molecule has 0 amide bonds. The van der Waals surface area contributed by atoms with Crippen molar-refractivity contribution in [3.8, 4) is 0 Å². The molecule has 0 aromatic heterocycles. The van der Waals surface area contributed by atoms with Crippen molar-refractivity contribution in [3.63, 3.8) is 0 Å². The third-order valence-electron chi connectivity index (χ3n) is 2.42. The van der Waals surface area contributed by atoms with Crippen LogP contribution in [-0.4, -0.2) is 6.29 Å². The van der Waals surface area contributed by atoms with Crippen LogP contribution in [0.1, 0.15) is 13.3 Å². The number of hydrogen-bond donors (Lipinski definition) is 1. The lowest BCUT2D eigenvalue weighted by molar-refractivity contribution is -0.107. The van der Waals surface area contributed by atoms with Gasteiger partial charge in [0, 0.05) is 12.1 Å². The Morgan fingerprint density at radius 1 is 1.40 bits per heavy atom. The third-order valence-corrected chi connectivity index (χ3v) is 2.42. The Morgan fingerprint density at radius 3 is 2.53 bits per heavy atom. The molecule has 0 unspecified atom stereocenters. The number of rotatable bonds is 4. The molecule has 0 fully saturated rings. The van der Waals surface area contributed by atoms with Gasteiger partial charge in [-0.3, -0.25) is 0 Å². The molecule has 0 saturated carbocycles. The second-order valence-electron chi connectivity index (χ2n) is 3.27. The largest absolute Gasteiger partial charge is 0.398 e. The summed E-state index contributed by atoms with van der Waals surface area (Å²) in [6.45, 7) is 9.57. The van der Waals surface area contributed by atoms with E-state index in [1.54, 1.807) is 6.08 Å². The maximum atomic E-state index is 10.5. The summed E-state index contributed by atoms with van der Waals surface area (Å²) in [5.41, 5.74) is 9.98. The summed E-state index contributed by atoms with van der Waals surface area (Å²) in [5, 5.41) is 0. The van der Waals surface area contributed by atoms with E-state index in [1.165, 1.54) is 0 Å². The van der Waals surface area contributed by atoms with Crippen LogP contribution in [0, 0.1) is 0 Å². The Bertz CT molecular complexity index is 408. The molecule has 2 N–H and O–H groups in total. The molecule has 2 nitrogen and oxygen atoms in total. The summed E-state index contributed by atoms with van der Waals surface area (Å²) in [6, 6.07) is 0. The SMILES string of the molecule is C=CC1=C(/C=C\C)C(=C)C(N)=C1CC=O. The molecule has 0 atom stereocenters. The molecule has 0 saturated heterocycles. The van der Waals surface area contributed by atoms with Crippen molar-refractivity contribution < 1.29 is 4.79 Å². The molecule has 0 radical (unpaired) electrons. The molecular formula is C13H15NO. The Kier molecular flexibility index (Phi) is 3.45. The molecule has 78 valence electrons. The smallest absolute Gasteiger partial charge is 0.124 e. The summed E-state index contributed by atoms with van der Waals surface area (Å²) < 4.78 is 0. The van der Waals surface area contributed by atoms with E-state index in [0.717, 1.165) is 28.6 Å². The first-order chi connectivity index (χ1) is 7.17. The minimum absolute atomic E-state index is 0.313. The van der Waals surface area contributed by atoms with Crippen molar-refractivity contribution >= 4 is 6.29 Å². The maximum absolute atomic E-state index is 10.5. The van der Waals surface area contributed by atoms with Crippen molar-refractivity contribution in [1.29, 1.82) is 0 Å². The number of carbonyl (C=O) groups excluding carboxylic acids is 1. The topological polar surface area (TPSA) is 43.1 Å². The van der Waals surface area contributed by atoms with Gasteiger partial charge in [-0.2, -0.15) is 0 Å². The van der Waals surface area contributed by atoms with Crippen LogP contribution in [0.4, 0.5) is 0 Å². The van der Waals surface area contributed by atoms with Crippen LogP contribution in [0.25, 0.3) is 0 Å². The summed E-state index contributed by atoms with van der Waals surface area (Å²) in [7, 11) is 0. The summed E-state index contributed by atoms with van der Waals surface area (Å²) in [6.07, 6.45) is 6.73. The van der Waals surface area contributed by atoms with Gasteiger partial charge in [-0.25, -0.2) is 0 Å². The Labute approximate surface area is 90.2 Å². The third kappa shape index (κ3) is 1.84. The second-order valence-corrected chi connectivity index (χ2v) is 3.27. The van der Waals surface area contributed by atoms with Crippen molar-refractivity contribution in [1.82, 2.24) is 0 Å². The zero-order valence-corrected chi connectivity index (χ0v) is 8.92. The van der Waals surface area contributed by atoms with Crippen molar-refractivity contribution in [2.24, 2.45) is 5.73 Å². The van der Waals surface area contributed by atoms with Crippen LogP contribution in [-0.2, 0) is 4.79 Å². The first-order valence-electron chi connectivity index (χ1n) is 4.79. The van der Waals surface area contributed by atoms with Crippen LogP contribution in [0.5, 0.6) is 0 Å². The molecule has 0 aliphatic heterocycles. The number of aldehydes is 1. The number of allylic oxidation sites excluding steroid dienone is 6. The first-order valence-corrected chi connectivity index (χ1v) is 4.79. The first kappa shape index (κ1) is 11.2. The number of nitrogens with two attached hydrogens (primary N) is 1. The van der Waals surface area contributed by atoms with E-state index in [-0.39, 0.29) is 0 Å². The van der Waals surface area contributed by atoms with E-state index in [1.807, 2.05) is 19.1 Å². The zero-order chi connectivity index (χ0) is 11.4. The van der Waals surface area contributed by atoms with Gasteiger partial charge in [0.1, 0.15) is 6.29 Å². The lowest BCUT2D eigenvalue weighted by Gasteiger charge is -2.00. The highest BCUT2D eigenvalue weighted by Crippen LogP contribution is 2.36. The summed E-state index contributed by atoms with van der Waals surface area (Å²) >= 11 is 0. The molecule has 0 heterocycles. The Hall–Kier alpha value is -1.83. The number of carbonyl (C=O) groups is 1. The molecule has 0 aromatic rings. The molecule has 15 heavy (non-hydrogen) atoms. The molecule has 0 bridgehead atoms. The standard InChI is InChI=1S/C13H15NO/c1-4-6-11-9(3)13(14)12(7-8-15)10(11)5-2/h4-6,8H,2-3,7,14H2,1H3/b6-4-. The molecule has 2 heteroatoms. The van der Waals surface area contributed by atoms with Gasteiger partial charge in [0.2, 0.25) is 0 Å². The average Bonchev–Trinajstić information content (AvgIpc) is 2.45. The Balaban J connectivity index is 3.29. The summed E-state index contributed by atoms with van der Waals surface area (Å²) in [4.78, 5) is 10.5. The Morgan fingerprint density at radius 2 is 2.07 bits per heavy atom. The molecule has 0 aromatic carbocycles. The normalized spacial score (nSPS) is 16.7. The van der Waals surface area contributed by atoms with Crippen LogP contribution in [0.3, 0.4) is 0 Å². The van der Waals surface area contributed by atoms with Gasteiger partial charge in [-0.1, -0.05) is 31.4 Å². The lowest BCUT2D eigenvalue weighted by Crippen LogP contribution is -2.00. The molecule has 0 spiro atoms. The molecule has 1 aliphatic rings. The van der Waals surface area contributed by atoms with Gasteiger partial charge in [-0.15, -0.1) is 0 Å². The zero-order valence-electron chi connectivity index (χ0n) is 8.92. The lowest BCUT2D eigenvalue weighted by atomic mass is 10.0. The van der Waals surface area contributed by atoms with E-state index in [9.17, 15) is 4.79 Å². The second kappa shape index (κ2) is 4.60. The molecule has 1 rings (SSSR count). The van der Waals surface area contributed by atoms with Gasteiger partial charge in [0.05, 0.1) is 0 Å². The van der Waals surface area contributed by atoms with Crippen LogP contribution in [0.15, 0.2) is 59.4 Å². The fraction of sp³-hybridized carbons (Fsp3) is 0.154. The van der Waals surface area contributed by atoms with Crippen LogP contribution in [0.2, 0.25) is 0 Å². The van der Waals surface area contributed by atoms with Gasteiger partial charge >= 0.3 is 0 Å². The van der Waals surface area contributed by atoms with E-state index < -0.39 is 0 Å². The van der Waals surface area contributed by atoms with Gasteiger partial charge in [0.15, 0.2) is 0 Å². The highest BCUT2D eigenvalue weighted by Gasteiger charge is 2.22. The van der Waals surface area contributed by atoms with E-state index in [2.05, 4.69) is 13.2 Å². The fourth-order valence-corrected chi connectivity index (χ4v) is 1.69. The maximum Gasteiger partial charge on any atom is 0.124 e. The summed E-state index contributed by atoms with van der Waals surface area (Å²) in [5.74, 6) is 0. The minimum Gasteiger partial charge on any atom is -0.398 e. The van der Waals surface area contributed by atoms with Crippen LogP contribution >= 0.6 is 0 Å². The van der Waals surface area contributed by atoms with Gasteiger partial charge < -0.3 is 10.5 Å². The highest BCUT2D eigenvalue weighted by atomic mass is 16.1. The van der Waals surface area contributed by atoms with Gasteiger partial charge in [0.25, 0.3) is 0 Å². The minimum atomic E-state index is 0.313. The fourth-order valence-electron chi connectivity index (χ4n) is 1.69. The van der Waals surface area contributed by atoms with E-state index in [4.69, 9.17) is 5.73 Å². The van der Waals surface area contributed by atoms with Crippen molar-refractivity contribution in [2.75, 3.05) is 0 Å². The van der Waals surface area contributed by atoms with E-state index >= 15 is 0 Å². The predicted molar refractivity (Wildman–Crippen MR) is 63.1 cm³/mol. The quantitative estimate of drug-likeness (QED) is 0.710. The predicted octanol–water partition coefficient (Wildman–Crippen LogP) is 2.42.